The quantitative estimate of drug-likeness (QED) is 0.662. The van der Waals surface area contributed by atoms with Gasteiger partial charge in [0.25, 0.3) is 0 Å². The summed E-state index contributed by atoms with van der Waals surface area (Å²) in [5.41, 5.74) is 0. The van der Waals surface area contributed by atoms with Crippen LogP contribution in [0.25, 0.3) is 0 Å². The Labute approximate surface area is 122 Å². The van der Waals surface area contributed by atoms with E-state index < -0.39 is 30.4 Å². The largest absolute Gasteiger partial charge is 0.481 e. The molecule has 2 aliphatic heterocycles. The molecule has 2 rings (SSSR count). The van der Waals surface area contributed by atoms with Crippen molar-refractivity contribution >= 4 is 18.0 Å². The Morgan fingerprint density at radius 3 is 2.48 bits per heavy atom. The Morgan fingerprint density at radius 1 is 1.19 bits per heavy atom. The van der Waals surface area contributed by atoms with Crippen molar-refractivity contribution in [2.45, 2.75) is 43.8 Å². The van der Waals surface area contributed by atoms with Crippen LogP contribution in [-0.4, -0.2) is 76.2 Å². The van der Waals surface area contributed by atoms with Crippen LogP contribution in [-0.2, 0) is 9.59 Å². The first kappa shape index (κ1) is 15.6. The van der Waals surface area contributed by atoms with Crippen molar-refractivity contribution in [1.29, 1.82) is 0 Å². The van der Waals surface area contributed by atoms with Crippen molar-refractivity contribution in [3.8, 4) is 0 Å². The van der Waals surface area contributed by atoms with Crippen molar-refractivity contribution in [2.75, 3.05) is 20.1 Å². The maximum absolute atomic E-state index is 12.2. The lowest BCUT2D eigenvalue weighted by molar-refractivity contribution is -0.145. The first-order valence-corrected chi connectivity index (χ1v) is 7.10. The maximum atomic E-state index is 12.2. The van der Waals surface area contributed by atoms with E-state index in [0.29, 0.717) is 25.2 Å². The number of carbonyl (C=O) groups is 3. The molecule has 0 spiro atoms. The molecule has 2 amide bonds. The molecule has 2 saturated heterocycles. The third-order valence-electron chi connectivity index (χ3n) is 4.41. The number of aliphatic carboxylic acids is 2. The molecule has 0 aromatic rings. The fourth-order valence-corrected chi connectivity index (χ4v) is 3.11. The van der Waals surface area contributed by atoms with E-state index >= 15 is 0 Å². The van der Waals surface area contributed by atoms with Gasteiger partial charge in [-0.05, 0) is 26.3 Å². The van der Waals surface area contributed by atoms with Gasteiger partial charge < -0.3 is 20.4 Å². The highest BCUT2D eigenvalue weighted by molar-refractivity contribution is 5.86. The van der Waals surface area contributed by atoms with Gasteiger partial charge in [-0.15, -0.1) is 0 Å². The average molecular weight is 299 g/mol. The van der Waals surface area contributed by atoms with E-state index in [-0.39, 0.29) is 0 Å². The summed E-state index contributed by atoms with van der Waals surface area (Å²) in [7, 11) is 2.05. The summed E-state index contributed by atoms with van der Waals surface area (Å²) >= 11 is 0. The molecule has 0 radical (unpaired) electrons. The van der Waals surface area contributed by atoms with Crippen molar-refractivity contribution in [1.82, 2.24) is 15.1 Å². The minimum atomic E-state index is -1.40. The molecule has 2 fully saturated rings. The van der Waals surface area contributed by atoms with Crippen LogP contribution in [0, 0.1) is 0 Å². The first-order valence-electron chi connectivity index (χ1n) is 7.10. The van der Waals surface area contributed by atoms with Gasteiger partial charge in [0.15, 0.2) is 0 Å². The van der Waals surface area contributed by atoms with E-state index in [1.807, 2.05) is 7.05 Å². The smallest absolute Gasteiger partial charge is 0.326 e. The van der Waals surface area contributed by atoms with Crippen molar-refractivity contribution in [3.05, 3.63) is 0 Å². The van der Waals surface area contributed by atoms with E-state index in [0.717, 1.165) is 19.3 Å². The summed E-state index contributed by atoms with van der Waals surface area (Å²) in [5.74, 6) is -2.59. The van der Waals surface area contributed by atoms with Gasteiger partial charge in [-0.3, -0.25) is 9.69 Å². The minimum absolute atomic E-state index is 0.297. The fourth-order valence-electron chi connectivity index (χ4n) is 3.11. The molecular weight excluding hydrogens is 278 g/mol. The highest BCUT2D eigenvalue weighted by Gasteiger charge is 2.36. The zero-order valence-corrected chi connectivity index (χ0v) is 12.0. The number of nitrogens with zero attached hydrogens (tertiary/aromatic N) is 2. The second-order valence-electron chi connectivity index (χ2n) is 5.72. The Bertz CT molecular complexity index is 442. The van der Waals surface area contributed by atoms with Crippen LogP contribution in [0.4, 0.5) is 4.79 Å². The zero-order valence-electron chi connectivity index (χ0n) is 12.0. The highest BCUT2D eigenvalue weighted by atomic mass is 16.4. The van der Waals surface area contributed by atoms with Gasteiger partial charge in [-0.2, -0.15) is 0 Å². The van der Waals surface area contributed by atoms with E-state index in [4.69, 9.17) is 10.2 Å². The minimum Gasteiger partial charge on any atom is -0.481 e. The second-order valence-corrected chi connectivity index (χ2v) is 5.72. The third kappa shape index (κ3) is 3.63. The third-order valence-corrected chi connectivity index (χ3v) is 4.41. The summed E-state index contributed by atoms with van der Waals surface area (Å²) in [4.78, 5) is 37.7. The molecule has 0 aliphatic carbocycles. The highest BCUT2D eigenvalue weighted by Crippen LogP contribution is 2.28. The predicted molar refractivity (Wildman–Crippen MR) is 73.0 cm³/mol. The monoisotopic (exact) mass is 299 g/mol. The van der Waals surface area contributed by atoms with Crippen LogP contribution in [0.3, 0.4) is 0 Å². The maximum Gasteiger partial charge on any atom is 0.326 e. The van der Waals surface area contributed by atoms with Crippen molar-refractivity contribution < 1.29 is 24.6 Å². The molecule has 0 aromatic carbocycles. The number of carbonyl (C=O) groups excluding carboxylic acids is 1. The lowest BCUT2D eigenvalue weighted by Crippen LogP contribution is -2.50. The number of carboxylic acids is 2. The topological polar surface area (TPSA) is 110 Å². The van der Waals surface area contributed by atoms with Gasteiger partial charge in [0.05, 0.1) is 6.42 Å². The molecule has 0 saturated carbocycles. The summed E-state index contributed by atoms with van der Waals surface area (Å²) in [6.45, 7) is 1.12. The molecule has 0 aromatic heterocycles. The van der Waals surface area contributed by atoms with E-state index in [1.165, 1.54) is 0 Å². The fraction of sp³-hybridized carbons (Fsp3) is 0.769. The van der Waals surface area contributed by atoms with E-state index in [9.17, 15) is 14.4 Å². The van der Waals surface area contributed by atoms with Crippen LogP contribution in [0.15, 0.2) is 0 Å². The first-order chi connectivity index (χ1) is 9.88. The van der Waals surface area contributed by atoms with Crippen molar-refractivity contribution in [2.24, 2.45) is 0 Å². The number of hydrogen-bond donors (Lipinski definition) is 3. The molecule has 21 heavy (non-hydrogen) atoms. The standard InChI is InChI=1S/C13H21N3O5/c1-15-8-2-3-9(15)7-16(5-4-8)13(21)14-10(12(19)20)6-11(17)18/h8-10H,2-7H2,1H3,(H,14,21)(H,17,18)(H,19,20)/t8?,9?,10-/m1/s1. The number of amides is 2. The van der Waals surface area contributed by atoms with Gasteiger partial charge in [0.1, 0.15) is 6.04 Å². The summed E-state index contributed by atoms with van der Waals surface area (Å²) < 4.78 is 0. The lowest BCUT2D eigenvalue weighted by Gasteiger charge is -2.27. The SMILES string of the molecule is CN1C2CCC1CN(C(=O)N[C@H](CC(=O)O)C(=O)O)CC2. The second kappa shape index (κ2) is 6.30. The predicted octanol–water partition coefficient (Wildman–Crippen LogP) is -0.208. The Kier molecular flexibility index (Phi) is 4.66. The van der Waals surface area contributed by atoms with Crippen LogP contribution >= 0.6 is 0 Å². The number of carboxylic acid groups (broad SMARTS) is 2. The van der Waals surface area contributed by atoms with E-state index in [1.54, 1.807) is 4.90 Å². The Balaban J connectivity index is 1.96. The van der Waals surface area contributed by atoms with Gasteiger partial charge in [0, 0.05) is 25.2 Å². The lowest BCUT2D eigenvalue weighted by atomic mass is 10.1. The molecule has 8 heteroatoms. The van der Waals surface area contributed by atoms with Gasteiger partial charge in [-0.25, -0.2) is 9.59 Å². The molecule has 2 heterocycles. The molecule has 118 valence electrons. The molecule has 3 atom stereocenters. The van der Waals surface area contributed by atoms with Gasteiger partial charge in [0.2, 0.25) is 0 Å². The van der Waals surface area contributed by atoms with Gasteiger partial charge in [-0.1, -0.05) is 0 Å². The molecule has 2 bridgehead atoms. The van der Waals surface area contributed by atoms with Crippen LogP contribution in [0.1, 0.15) is 25.7 Å². The average Bonchev–Trinajstić information content (AvgIpc) is 2.61. The summed E-state index contributed by atoms with van der Waals surface area (Å²) in [6.07, 6.45) is 2.40. The molecule has 2 unspecified atom stereocenters. The van der Waals surface area contributed by atoms with Gasteiger partial charge >= 0.3 is 18.0 Å². The zero-order chi connectivity index (χ0) is 15.6. The summed E-state index contributed by atoms with van der Waals surface area (Å²) in [6, 6.07) is -1.12. The Hall–Kier alpha value is -1.83. The van der Waals surface area contributed by atoms with Crippen LogP contribution in [0.2, 0.25) is 0 Å². The number of hydrogen-bond acceptors (Lipinski definition) is 4. The number of nitrogens with one attached hydrogen (secondary N) is 1. The van der Waals surface area contributed by atoms with Crippen molar-refractivity contribution in [3.63, 3.8) is 0 Å². The number of urea groups is 1. The van der Waals surface area contributed by atoms with Crippen LogP contribution in [0.5, 0.6) is 0 Å². The number of likely N-dealkylation sites (tertiary alicyclic amines) is 1. The normalized spacial score (nSPS) is 27.0. The molecule has 8 nitrogen and oxygen atoms in total. The molecule has 3 N–H and O–H groups in total. The van der Waals surface area contributed by atoms with Crippen LogP contribution < -0.4 is 5.32 Å². The molecule has 2 aliphatic rings. The number of fused-ring (bicyclic) bond motifs is 2. The molecular formula is C13H21N3O5. The van der Waals surface area contributed by atoms with E-state index in [2.05, 4.69) is 10.2 Å². The number of likely N-dealkylation sites (N-methyl/N-ethyl adjacent to an activating group) is 1. The summed E-state index contributed by atoms with van der Waals surface area (Å²) in [5, 5.41) is 20.0. The Morgan fingerprint density at radius 2 is 1.86 bits per heavy atom. The number of rotatable bonds is 4.